The van der Waals surface area contributed by atoms with Gasteiger partial charge in [-0.1, -0.05) is 6.92 Å². The van der Waals surface area contributed by atoms with E-state index in [2.05, 4.69) is 5.32 Å². The number of aryl methyl sites for hydroxylation is 1. The van der Waals surface area contributed by atoms with E-state index in [1.165, 1.54) is 0 Å². The maximum absolute atomic E-state index is 12.4. The molecule has 3 rings (SSSR count). The highest BCUT2D eigenvalue weighted by Crippen LogP contribution is 2.32. The third kappa shape index (κ3) is 3.23. The Kier molecular flexibility index (Phi) is 4.37. The van der Waals surface area contributed by atoms with Gasteiger partial charge in [-0.15, -0.1) is 0 Å². The van der Waals surface area contributed by atoms with Gasteiger partial charge in [-0.3, -0.25) is 4.79 Å². The lowest BCUT2D eigenvalue weighted by Crippen LogP contribution is -2.16. The molecule has 0 saturated heterocycles. The molecule has 0 aromatic heterocycles. The van der Waals surface area contributed by atoms with Gasteiger partial charge in [0, 0.05) is 17.3 Å². The molecule has 1 amide bonds. The molecular formula is C18H19NO4. The molecule has 0 fully saturated rings. The summed E-state index contributed by atoms with van der Waals surface area (Å²) < 4.78 is 16.3. The van der Waals surface area contributed by atoms with Gasteiger partial charge in [0.25, 0.3) is 5.91 Å². The number of nitrogens with one attached hydrogen (secondary N) is 1. The number of amides is 1. The minimum absolute atomic E-state index is 0.168. The Balaban J connectivity index is 1.79. The molecule has 2 aromatic carbocycles. The monoisotopic (exact) mass is 313 g/mol. The van der Waals surface area contributed by atoms with Gasteiger partial charge in [-0.25, -0.2) is 0 Å². The standard InChI is InChI=1S/C18H19NO4/c1-3-12-10-13(4-6-15(12)21-2)18(20)19-14-5-7-16-17(11-14)23-9-8-22-16/h4-7,10-11H,3,8-9H2,1-2H3,(H,19,20). The molecule has 120 valence electrons. The van der Waals surface area contributed by atoms with E-state index < -0.39 is 0 Å². The first-order valence-electron chi connectivity index (χ1n) is 7.59. The first-order valence-corrected chi connectivity index (χ1v) is 7.59. The van der Waals surface area contributed by atoms with Crippen molar-refractivity contribution in [3.8, 4) is 17.2 Å². The van der Waals surface area contributed by atoms with Crippen molar-refractivity contribution in [2.45, 2.75) is 13.3 Å². The zero-order chi connectivity index (χ0) is 16.2. The van der Waals surface area contributed by atoms with Crippen molar-refractivity contribution in [2.75, 3.05) is 25.6 Å². The molecule has 23 heavy (non-hydrogen) atoms. The number of rotatable bonds is 4. The van der Waals surface area contributed by atoms with E-state index in [4.69, 9.17) is 14.2 Å². The Morgan fingerprint density at radius 3 is 2.65 bits per heavy atom. The second-order valence-electron chi connectivity index (χ2n) is 5.19. The van der Waals surface area contributed by atoms with Crippen LogP contribution in [0.25, 0.3) is 0 Å². The first kappa shape index (κ1) is 15.2. The van der Waals surface area contributed by atoms with Crippen molar-refractivity contribution in [3.63, 3.8) is 0 Å². The zero-order valence-electron chi connectivity index (χ0n) is 13.2. The predicted molar refractivity (Wildman–Crippen MR) is 87.8 cm³/mol. The maximum Gasteiger partial charge on any atom is 0.255 e. The highest BCUT2D eigenvalue weighted by molar-refractivity contribution is 6.04. The minimum Gasteiger partial charge on any atom is -0.496 e. The quantitative estimate of drug-likeness (QED) is 0.941. The summed E-state index contributed by atoms with van der Waals surface area (Å²) in [7, 11) is 1.63. The van der Waals surface area contributed by atoms with Gasteiger partial charge in [0.15, 0.2) is 11.5 Å². The molecule has 0 bridgehead atoms. The fraction of sp³-hybridized carbons (Fsp3) is 0.278. The smallest absolute Gasteiger partial charge is 0.255 e. The molecule has 1 heterocycles. The van der Waals surface area contributed by atoms with Gasteiger partial charge < -0.3 is 19.5 Å². The molecule has 0 atom stereocenters. The molecule has 1 aliphatic rings. The number of ether oxygens (including phenoxy) is 3. The third-order valence-corrected chi connectivity index (χ3v) is 3.72. The Labute approximate surface area is 135 Å². The van der Waals surface area contributed by atoms with Crippen molar-refractivity contribution < 1.29 is 19.0 Å². The van der Waals surface area contributed by atoms with E-state index >= 15 is 0 Å². The highest BCUT2D eigenvalue weighted by Gasteiger charge is 2.14. The summed E-state index contributed by atoms with van der Waals surface area (Å²) in [5.74, 6) is 1.98. The van der Waals surface area contributed by atoms with Crippen LogP contribution in [0, 0.1) is 0 Å². The Morgan fingerprint density at radius 1 is 1.13 bits per heavy atom. The lowest BCUT2D eigenvalue weighted by atomic mass is 10.1. The van der Waals surface area contributed by atoms with Crippen LogP contribution in [0.3, 0.4) is 0 Å². The Morgan fingerprint density at radius 2 is 1.91 bits per heavy atom. The lowest BCUT2D eigenvalue weighted by Gasteiger charge is -2.19. The average molecular weight is 313 g/mol. The van der Waals surface area contributed by atoms with Crippen molar-refractivity contribution in [1.82, 2.24) is 0 Å². The molecule has 5 nitrogen and oxygen atoms in total. The molecule has 2 aromatic rings. The van der Waals surface area contributed by atoms with E-state index in [1.807, 2.05) is 19.1 Å². The van der Waals surface area contributed by atoms with E-state index in [0.29, 0.717) is 36.0 Å². The highest BCUT2D eigenvalue weighted by atomic mass is 16.6. The molecule has 0 radical (unpaired) electrons. The molecule has 0 unspecified atom stereocenters. The van der Waals surface area contributed by atoms with Crippen LogP contribution < -0.4 is 19.5 Å². The number of carbonyl (C=O) groups excluding carboxylic acids is 1. The second kappa shape index (κ2) is 6.60. The summed E-state index contributed by atoms with van der Waals surface area (Å²) in [5.41, 5.74) is 2.27. The Bertz CT molecular complexity index is 727. The number of anilines is 1. The zero-order valence-corrected chi connectivity index (χ0v) is 13.2. The summed E-state index contributed by atoms with van der Waals surface area (Å²) in [6.45, 7) is 3.09. The second-order valence-corrected chi connectivity index (χ2v) is 5.19. The lowest BCUT2D eigenvalue weighted by molar-refractivity contribution is 0.102. The van der Waals surface area contributed by atoms with Gasteiger partial charge >= 0.3 is 0 Å². The number of benzene rings is 2. The van der Waals surface area contributed by atoms with E-state index in [-0.39, 0.29) is 5.91 Å². The summed E-state index contributed by atoms with van der Waals surface area (Å²) in [6, 6.07) is 10.8. The topological polar surface area (TPSA) is 56.8 Å². The normalized spacial score (nSPS) is 12.6. The van der Waals surface area contributed by atoms with Crippen molar-refractivity contribution >= 4 is 11.6 Å². The maximum atomic E-state index is 12.4. The van der Waals surface area contributed by atoms with Crippen molar-refractivity contribution in [3.05, 3.63) is 47.5 Å². The van der Waals surface area contributed by atoms with Crippen LogP contribution in [0.4, 0.5) is 5.69 Å². The van der Waals surface area contributed by atoms with Gasteiger partial charge in [0.1, 0.15) is 19.0 Å². The fourth-order valence-electron chi connectivity index (χ4n) is 2.52. The molecule has 1 aliphatic heterocycles. The van der Waals surface area contributed by atoms with E-state index in [1.54, 1.807) is 31.4 Å². The molecule has 0 spiro atoms. The molecular weight excluding hydrogens is 294 g/mol. The van der Waals surface area contributed by atoms with Crippen LogP contribution in [0.2, 0.25) is 0 Å². The number of fused-ring (bicyclic) bond motifs is 1. The average Bonchev–Trinajstić information content (AvgIpc) is 2.60. The fourth-order valence-corrected chi connectivity index (χ4v) is 2.52. The molecule has 0 aliphatic carbocycles. The number of carbonyl (C=O) groups is 1. The number of hydrogen-bond acceptors (Lipinski definition) is 4. The van der Waals surface area contributed by atoms with Gasteiger partial charge in [0.2, 0.25) is 0 Å². The van der Waals surface area contributed by atoms with Crippen LogP contribution in [-0.4, -0.2) is 26.2 Å². The van der Waals surface area contributed by atoms with Gasteiger partial charge in [-0.2, -0.15) is 0 Å². The van der Waals surface area contributed by atoms with Crippen LogP contribution >= 0.6 is 0 Å². The molecule has 1 N–H and O–H groups in total. The van der Waals surface area contributed by atoms with E-state index in [0.717, 1.165) is 17.7 Å². The van der Waals surface area contributed by atoms with Gasteiger partial charge in [-0.05, 0) is 42.3 Å². The summed E-state index contributed by atoms with van der Waals surface area (Å²) >= 11 is 0. The summed E-state index contributed by atoms with van der Waals surface area (Å²) in [6.07, 6.45) is 0.800. The summed E-state index contributed by atoms with van der Waals surface area (Å²) in [5, 5.41) is 2.88. The molecule has 0 saturated carbocycles. The Hall–Kier alpha value is -2.69. The van der Waals surface area contributed by atoms with Crippen molar-refractivity contribution in [2.24, 2.45) is 0 Å². The van der Waals surface area contributed by atoms with Crippen molar-refractivity contribution in [1.29, 1.82) is 0 Å². The van der Waals surface area contributed by atoms with Gasteiger partial charge in [0.05, 0.1) is 7.11 Å². The van der Waals surface area contributed by atoms with Crippen LogP contribution in [-0.2, 0) is 6.42 Å². The predicted octanol–water partition coefficient (Wildman–Crippen LogP) is 3.28. The summed E-state index contributed by atoms with van der Waals surface area (Å²) in [4.78, 5) is 12.4. The van der Waals surface area contributed by atoms with E-state index in [9.17, 15) is 4.79 Å². The van der Waals surface area contributed by atoms with Crippen LogP contribution in [0.1, 0.15) is 22.8 Å². The first-order chi connectivity index (χ1) is 11.2. The number of hydrogen-bond donors (Lipinski definition) is 1. The SMILES string of the molecule is CCc1cc(C(=O)Nc2ccc3c(c2)OCCO3)ccc1OC. The largest absolute Gasteiger partial charge is 0.496 e. The number of methoxy groups -OCH3 is 1. The minimum atomic E-state index is -0.168. The third-order valence-electron chi connectivity index (χ3n) is 3.72. The van der Waals surface area contributed by atoms with Crippen LogP contribution in [0.15, 0.2) is 36.4 Å². The molecule has 5 heteroatoms. The van der Waals surface area contributed by atoms with Crippen LogP contribution in [0.5, 0.6) is 17.2 Å².